The van der Waals surface area contributed by atoms with E-state index < -0.39 is 27.4 Å². The van der Waals surface area contributed by atoms with Crippen molar-refractivity contribution in [3.8, 4) is 0 Å². The van der Waals surface area contributed by atoms with Gasteiger partial charge in [0.15, 0.2) is 0 Å². The van der Waals surface area contributed by atoms with Crippen LogP contribution in [0.1, 0.15) is 51.0 Å². The van der Waals surface area contributed by atoms with Gasteiger partial charge in [-0.1, -0.05) is 60.5 Å². The number of amides is 3. The Hall–Kier alpha value is -3.44. The molecule has 2 aromatic carbocycles. The number of benzene rings is 2. The number of carbonyl (C=O) groups is 3. The van der Waals surface area contributed by atoms with Crippen molar-refractivity contribution in [3.05, 3.63) is 60.2 Å². The van der Waals surface area contributed by atoms with Crippen molar-refractivity contribution in [2.75, 3.05) is 13.2 Å². The van der Waals surface area contributed by atoms with Crippen molar-refractivity contribution in [3.63, 3.8) is 0 Å². The molecule has 0 radical (unpaired) electrons. The van der Waals surface area contributed by atoms with E-state index in [4.69, 9.17) is 5.11 Å². The van der Waals surface area contributed by atoms with Crippen LogP contribution in [0.5, 0.6) is 0 Å². The number of hydrogen-bond donors (Lipinski definition) is 3. The molecular formula is C31H38N6O4S. The largest absolute Gasteiger partial charge is 0.396 e. The zero-order chi connectivity index (χ0) is 29.3. The number of para-hydroxylation sites is 1. The number of rotatable bonds is 12. The van der Waals surface area contributed by atoms with Gasteiger partial charge in [-0.15, -0.1) is 16.9 Å². The fourth-order valence-corrected chi connectivity index (χ4v) is 9.65. The van der Waals surface area contributed by atoms with Crippen LogP contribution in [0.25, 0.3) is 11.0 Å². The third kappa shape index (κ3) is 4.96. The molecule has 3 N–H and O–H groups in total. The van der Waals surface area contributed by atoms with E-state index in [0.717, 1.165) is 42.3 Å². The van der Waals surface area contributed by atoms with Gasteiger partial charge < -0.3 is 20.6 Å². The topological polar surface area (TPSA) is 129 Å². The number of aliphatic hydroxyl groups is 1. The third-order valence-corrected chi connectivity index (χ3v) is 11.2. The summed E-state index contributed by atoms with van der Waals surface area (Å²) < 4.78 is 0.563. The molecule has 0 aliphatic carbocycles. The molecule has 1 aromatic heterocycles. The van der Waals surface area contributed by atoms with E-state index in [-0.39, 0.29) is 31.0 Å². The average molecular weight is 591 g/mol. The second-order valence-corrected chi connectivity index (χ2v) is 13.8. The SMILES string of the molecule is C[C@@]12CCC3(S1)C(C(=O)NCn1nnc4ccccc41)N(CCCCCCO)C(=O)[C@@H]3[C@@H]2C(=O)NCc1ccccc1. The zero-order valence-electron chi connectivity index (χ0n) is 23.9. The summed E-state index contributed by atoms with van der Waals surface area (Å²) in [7, 11) is 0. The molecule has 2 bridgehead atoms. The molecule has 3 saturated heterocycles. The number of thioether (sulfide) groups is 1. The zero-order valence-corrected chi connectivity index (χ0v) is 24.7. The van der Waals surface area contributed by atoms with Crippen LogP contribution in [-0.4, -0.2) is 71.4 Å². The second kappa shape index (κ2) is 11.7. The molecule has 6 rings (SSSR count). The monoisotopic (exact) mass is 590 g/mol. The molecule has 3 amide bonds. The smallest absolute Gasteiger partial charge is 0.245 e. The lowest BCUT2D eigenvalue weighted by atomic mass is 9.66. The fraction of sp³-hybridized carbons (Fsp3) is 0.516. The number of nitrogens with one attached hydrogen (secondary N) is 2. The highest BCUT2D eigenvalue weighted by Crippen LogP contribution is 2.71. The van der Waals surface area contributed by atoms with Crippen LogP contribution in [0.3, 0.4) is 0 Å². The van der Waals surface area contributed by atoms with Crippen molar-refractivity contribution in [2.45, 2.75) is 74.2 Å². The van der Waals surface area contributed by atoms with Gasteiger partial charge in [-0.3, -0.25) is 14.4 Å². The van der Waals surface area contributed by atoms with Crippen molar-refractivity contribution in [2.24, 2.45) is 11.8 Å². The molecule has 2 unspecified atom stereocenters. The Morgan fingerprint density at radius 1 is 1.00 bits per heavy atom. The normalized spacial score (nSPS) is 27.9. The quantitative estimate of drug-likeness (QED) is 0.277. The summed E-state index contributed by atoms with van der Waals surface area (Å²) in [4.78, 5) is 43.8. The van der Waals surface area contributed by atoms with Crippen LogP contribution in [0.2, 0.25) is 0 Å². The van der Waals surface area contributed by atoms with E-state index in [2.05, 4.69) is 27.9 Å². The number of aliphatic hydroxyl groups excluding tert-OH is 1. The highest BCUT2D eigenvalue weighted by Gasteiger charge is 2.76. The maximum absolute atomic E-state index is 14.2. The third-order valence-electron chi connectivity index (χ3n) is 9.25. The lowest BCUT2D eigenvalue weighted by Gasteiger charge is -2.34. The first-order chi connectivity index (χ1) is 20.4. The first-order valence-electron chi connectivity index (χ1n) is 14.9. The van der Waals surface area contributed by atoms with E-state index >= 15 is 0 Å². The summed E-state index contributed by atoms with van der Waals surface area (Å²) in [5.74, 6) is -1.51. The summed E-state index contributed by atoms with van der Waals surface area (Å²) in [6.45, 7) is 3.21. The Morgan fingerprint density at radius 2 is 1.76 bits per heavy atom. The van der Waals surface area contributed by atoms with Gasteiger partial charge in [-0.2, -0.15) is 0 Å². The first-order valence-corrected chi connectivity index (χ1v) is 15.7. The summed E-state index contributed by atoms with van der Waals surface area (Å²) in [5, 5.41) is 23.7. The predicted octanol–water partition coefficient (Wildman–Crippen LogP) is 2.86. The number of nitrogens with zero attached hydrogens (tertiary/aromatic N) is 4. The standard InChI is InChI=1S/C31H38N6O4S/c1-30-15-16-31(42-30)25(24(30)27(39)32-19-21-11-5-4-6-12-21)29(41)36(17-9-2-3-10-18-38)26(31)28(40)33-20-37-23-14-8-7-13-22(23)34-35-37/h4-8,11-14,24-26,38H,2-3,9-10,15-20H2,1H3,(H,32,39)(H,33,40)/t24-,25+,26?,30+,31?/m1/s1. The lowest BCUT2D eigenvalue weighted by molar-refractivity contribution is -0.140. The molecule has 3 fully saturated rings. The summed E-state index contributed by atoms with van der Waals surface area (Å²) in [6.07, 6.45) is 4.64. The van der Waals surface area contributed by atoms with Gasteiger partial charge in [-0.05, 0) is 50.3 Å². The first kappa shape index (κ1) is 28.7. The van der Waals surface area contributed by atoms with Crippen molar-refractivity contribution in [1.82, 2.24) is 30.5 Å². The molecule has 11 heteroatoms. The molecule has 222 valence electrons. The van der Waals surface area contributed by atoms with Crippen molar-refractivity contribution in [1.29, 1.82) is 0 Å². The van der Waals surface area contributed by atoms with E-state index in [1.807, 2.05) is 54.6 Å². The van der Waals surface area contributed by atoms with Gasteiger partial charge in [0, 0.05) is 24.4 Å². The van der Waals surface area contributed by atoms with Crippen LogP contribution in [0, 0.1) is 11.8 Å². The Kier molecular flexibility index (Phi) is 7.97. The molecule has 3 aromatic rings. The van der Waals surface area contributed by atoms with Gasteiger partial charge in [-0.25, -0.2) is 4.68 Å². The van der Waals surface area contributed by atoms with Crippen LogP contribution in [-0.2, 0) is 27.6 Å². The summed E-state index contributed by atoms with van der Waals surface area (Å²) in [5.41, 5.74) is 2.56. The Balaban J connectivity index is 1.25. The van der Waals surface area contributed by atoms with E-state index in [0.29, 0.717) is 25.9 Å². The minimum atomic E-state index is -0.679. The Morgan fingerprint density at radius 3 is 2.57 bits per heavy atom. The van der Waals surface area contributed by atoms with Gasteiger partial charge >= 0.3 is 0 Å². The number of unbranched alkanes of at least 4 members (excludes halogenated alkanes) is 3. The second-order valence-electron chi connectivity index (χ2n) is 11.9. The minimum absolute atomic E-state index is 0.0979. The fourth-order valence-electron chi connectivity index (χ4n) is 7.29. The van der Waals surface area contributed by atoms with Gasteiger partial charge in [0.25, 0.3) is 0 Å². The number of carbonyl (C=O) groups excluding carboxylic acids is 3. The molecule has 10 nitrogen and oxygen atoms in total. The van der Waals surface area contributed by atoms with Gasteiger partial charge in [0.05, 0.1) is 22.1 Å². The van der Waals surface area contributed by atoms with Crippen molar-refractivity contribution < 1.29 is 19.5 Å². The number of hydrogen-bond acceptors (Lipinski definition) is 7. The average Bonchev–Trinajstić information content (AvgIpc) is 3.71. The highest BCUT2D eigenvalue weighted by molar-refractivity contribution is 8.02. The summed E-state index contributed by atoms with van der Waals surface area (Å²) >= 11 is 1.68. The Bertz CT molecular complexity index is 1470. The van der Waals surface area contributed by atoms with E-state index in [1.165, 1.54) is 0 Å². The molecule has 1 spiro atoms. The molecule has 0 saturated carbocycles. The van der Waals surface area contributed by atoms with Crippen LogP contribution >= 0.6 is 11.8 Å². The maximum atomic E-state index is 14.2. The molecule has 3 aliphatic heterocycles. The summed E-state index contributed by atoms with van der Waals surface area (Å²) in [6, 6.07) is 16.6. The molecule has 3 aliphatic rings. The molecule has 5 atom stereocenters. The maximum Gasteiger partial charge on any atom is 0.245 e. The van der Waals surface area contributed by atoms with Crippen molar-refractivity contribution >= 4 is 40.5 Å². The molecular weight excluding hydrogens is 552 g/mol. The highest BCUT2D eigenvalue weighted by atomic mass is 32.2. The molecule has 4 heterocycles. The predicted molar refractivity (Wildman–Crippen MR) is 160 cm³/mol. The number of likely N-dealkylation sites (tertiary alicyclic amines) is 1. The van der Waals surface area contributed by atoms with Crippen LogP contribution in [0.4, 0.5) is 0 Å². The van der Waals surface area contributed by atoms with E-state index in [1.54, 1.807) is 21.3 Å². The minimum Gasteiger partial charge on any atom is -0.396 e. The van der Waals surface area contributed by atoms with Crippen LogP contribution < -0.4 is 10.6 Å². The number of fused-ring (bicyclic) bond motifs is 2. The molecule has 42 heavy (non-hydrogen) atoms. The number of aromatic nitrogens is 3. The van der Waals surface area contributed by atoms with E-state index in [9.17, 15) is 14.4 Å². The van der Waals surface area contributed by atoms with Gasteiger partial charge in [0.2, 0.25) is 17.7 Å². The Labute approximate surface area is 249 Å². The van der Waals surface area contributed by atoms with Gasteiger partial charge in [0.1, 0.15) is 18.2 Å². The lowest BCUT2D eigenvalue weighted by Crippen LogP contribution is -2.54. The van der Waals surface area contributed by atoms with Crippen LogP contribution in [0.15, 0.2) is 54.6 Å².